The van der Waals surface area contributed by atoms with Gasteiger partial charge < -0.3 is 15.0 Å². The van der Waals surface area contributed by atoms with Gasteiger partial charge in [0.15, 0.2) is 0 Å². The summed E-state index contributed by atoms with van der Waals surface area (Å²) in [6.07, 6.45) is 0.681. The van der Waals surface area contributed by atoms with E-state index >= 15 is 0 Å². The van der Waals surface area contributed by atoms with Crippen molar-refractivity contribution in [2.24, 2.45) is 7.05 Å². The molecule has 9 nitrogen and oxygen atoms in total. The normalized spacial score (nSPS) is 17.9. The Balaban J connectivity index is 1.95. The zero-order chi connectivity index (χ0) is 19.9. The van der Waals surface area contributed by atoms with Gasteiger partial charge in [0.05, 0.1) is 21.7 Å². The highest BCUT2D eigenvalue weighted by atomic mass is 35.5. The quantitative estimate of drug-likeness (QED) is 0.502. The van der Waals surface area contributed by atoms with Crippen LogP contribution in [0.3, 0.4) is 0 Å². The van der Waals surface area contributed by atoms with Gasteiger partial charge in [-0.05, 0) is 37.1 Å². The third-order valence-corrected chi connectivity index (χ3v) is 4.60. The molecule has 2 aromatic rings. The van der Waals surface area contributed by atoms with Crippen molar-refractivity contribution in [3.63, 3.8) is 0 Å². The Hall–Kier alpha value is -2.05. The number of hydrogen-bond donors (Lipinski definition) is 5. The van der Waals surface area contributed by atoms with E-state index in [9.17, 15) is 24.7 Å². The molecular weight excluding hydrogens is 381 g/mol. The number of amides is 1. The van der Waals surface area contributed by atoms with Crippen molar-refractivity contribution in [1.29, 1.82) is 0 Å². The van der Waals surface area contributed by atoms with E-state index < -0.39 is 22.9 Å². The first-order valence-electron chi connectivity index (χ1n) is 8.12. The zero-order valence-electron chi connectivity index (χ0n) is 14.6. The molecule has 146 valence electrons. The van der Waals surface area contributed by atoms with E-state index in [1.165, 1.54) is 34.8 Å². The largest absolute Gasteiger partial charge is 0.377 e. The van der Waals surface area contributed by atoms with Crippen molar-refractivity contribution in [3.8, 4) is 0 Å². The van der Waals surface area contributed by atoms with Gasteiger partial charge >= 0.3 is 0 Å². The number of aliphatic hydroxyl groups is 1. The van der Waals surface area contributed by atoms with Gasteiger partial charge in [-0.1, -0.05) is 11.6 Å². The molecule has 2 heterocycles. The molecule has 0 fully saturated rings. The lowest BCUT2D eigenvalue weighted by Crippen LogP contribution is -2.62. The first-order valence-corrected chi connectivity index (χ1v) is 8.50. The van der Waals surface area contributed by atoms with Crippen LogP contribution in [0.25, 0.3) is 0 Å². The number of aryl methyl sites for hydroxylation is 1. The third kappa shape index (κ3) is 3.82. The summed E-state index contributed by atoms with van der Waals surface area (Å²) in [7, 11) is 1.59. The molecule has 5 N–H and O–H groups in total. The van der Waals surface area contributed by atoms with Crippen molar-refractivity contribution in [2.75, 3.05) is 11.9 Å². The average molecular weight is 401 g/mol. The molecule has 3 rings (SSSR count). The van der Waals surface area contributed by atoms with Gasteiger partial charge in [-0.15, -0.1) is 0 Å². The molecular formula is C16H20ClFN5O4+. The Kier molecular flexibility index (Phi) is 5.23. The van der Waals surface area contributed by atoms with Gasteiger partial charge in [-0.2, -0.15) is 15.4 Å². The predicted octanol–water partition coefficient (Wildman–Crippen LogP) is 1.77. The second kappa shape index (κ2) is 7.17. The lowest BCUT2D eigenvalue weighted by molar-refractivity contribution is -0.360. The van der Waals surface area contributed by atoms with Gasteiger partial charge in [0.2, 0.25) is 5.69 Å². The van der Waals surface area contributed by atoms with Gasteiger partial charge in [0, 0.05) is 19.3 Å². The summed E-state index contributed by atoms with van der Waals surface area (Å²) in [6, 6.07) is 3.79. The summed E-state index contributed by atoms with van der Waals surface area (Å²) in [5, 5.41) is 34.1. The molecule has 1 amide bonds. The summed E-state index contributed by atoms with van der Waals surface area (Å²) in [4.78, 5) is 11.1. The number of aromatic nitrogens is 1. The molecule has 1 atom stereocenters. The minimum Gasteiger partial charge on any atom is -0.377 e. The Morgan fingerprint density at radius 2 is 2.15 bits per heavy atom. The van der Waals surface area contributed by atoms with Crippen molar-refractivity contribution in [2.45, 2.75) is 19.6 Å². The summed E-state index contributed by atoms with van der Waals surface area (Å²) in [5.41, 5.74) is 3.32. The number of benzene rings is 1. The van der Waals surface area contributed by atoms with Crippen LogP contribution in [0.1, 0.15) is 23.0 Å². The second-order valence-corrected chi connectivity index (χ2v) is 6.72. The summed E-state index contributed by atoms with van der Waals surface area (Å²) in [5.74, 6) is -1.12. The van der Waals surface area contributed by atoms with Gasteiger partial charge in [-0.3, -0.25) is 4.79 Å². The Morgan fingerprint density at radius 1 is 1.44 bits per heavy atom. The molecule has 0 saturated carbocycles. The molecule has 0 saturated heterocycles. The van der Waals surface area contributed by atoms with Crippen LogP contribution in [0.5, 0.6) is 0 Å². The summed E-state index contributed by atoms with van der Waals surface area (Å²) in [6.45, 7) is 1.69. The van der Waals surface area contributed by atoms with E-state index in [0.29, 0.717) is 11.3 Å². The maximum absolute atomic E-state index is 13.3. The SMILES string of the molecule is C[C@H](O)N1CCc2c(cn(C)c2C(=O)Nc2ccc(F)c(Cl)c2)[N+](O)(O)N1. The number of quaternary nitrogens is 1. The zero-order valence-corrected chi connectivity index (χ0v) is 15.4. The van der Waals surface area contributed by atoms with Crippen LogP contribution in [0.4, 0.5) is 15.8 Å². The molecule has 0 aliphatic carbocycles. The Bertz CT molecular complexity index is 886. The molecule has 0 spiro atoms. The minimum atomic E-state index is -1.72. The fourth-order valence-corrected chi connectivity index (χ4v) is 3.20. The van der Waals surface area contributed by atoms with Crippen LogP contribution in [0.15, 0.2) is 24.4 Å². The average Bonchev–Trinajstić information content (AvgIpc) is 2.85. The van der Waals surface area contributed by atoms with E-state index in [1.807, 2.05) is 0 Å². The van der Waals surface area contributed by atoms with Gasteiger partial charge in [0.1, 0.15) is 17.7 Å². The van der Waals surface area contributed by atoms with E-state index in [0.717, 1.165) is 6.07 Å². The van der Waals surface area contributed by atoms with Crippen molar-refractivity contribution in [3.05, 3.63) is 46.5 Å². The van der Waals surface area contributed by atoms with Crippen molar-refractivity contribution >= 4 is 28.9 Å². The first kappa shape index (κ1) is 19.7. The summed E-state index contributed by atoms with van der Waals surface area (Å²) >= 11 is 5.74. The molecule has 0 bridgehead atoms. The number of fused-ring (bicyclic) bond motifs is 1. The Labute approximate surface area is 159 Å². The number of rotatable bonds is 3. The third-order valence-electron chi connectivity index (χ3n) is 4.31. The number of carbonyl (C=O) groups excluding carboxylic acids is 1. The fourth-order valence-electron chi connectivity index (χ4n) is 3.02. The smallest absolute Gasteiger partial charge is 0.272 e. The van der Waals surface area contributed by atoms with Crippen LogP contribution in [-0.2, 0) is 13.5 Å². The molecule has 1 aromatic carbocycles. The lowest BCUT2D eigenvalue weighted by atomic mass is 10.1. The highest BCUT2D eigenvalue weighted by Crippen LogP contribution is 2.31. The van der Waals surface area contributed by atoms with Crippen molar-refractivity contribution < 1.29 is 24.7 Å². The van der Waals surface area contributed by atoms with Crippen LogP contribution < -0.4 is 15.8 Å². The maximum Gasteiger partial charge on any atom is 0.272 e. The molecule has 1 aromatic heterocycles. The predicted molar refractivity (Wildman–Crippen MR) is 95.4 cm³/mol. The monoisotopic (exact) mass is 400 g/mol. The van der Waals surface area contributed by atoms with Gasteiger partial charge in [0.25, 0.3) is 5.91 Å². The van der Waals surface area contributed by atoms with E-state index in [4.69, 9.17) is 11.6 Å². The highest BCUT2D eigenvalue weighted by molar-refractivity contribution is 6.31. The molecule has 11 heteroatoms. The standard InChI is InChI=1S/C16H19ClFN5O4/c1-9(24)22-6-5-11-14(23(26,27)20-22)8-21(2)15(11)16(25)19-10-3-4-13(18)12(17)7-10/h3-4,7-9,20,24,26-27H,5-6H2,1-2H3/p+1/t9-/m0/s1. The lowest BCUT2D eigenvalue weighted by Gasteiger charge is -2.27. The van der Waals surface area contributed by atoms with Crippen LogP contribution in [0, 0.1) is 5.82 Å². The number of nitrogens with one attached hydrogen (secondary N) is 2. The minimum absolute atomic E-state index is 0.0444. The number of halogens is 2. The van der Waals surface area contributed by atoms with Crippen LogP contribution >= 0.6 is 11.6 Å². The van der Waals surface area contributed by atoms with E-state index in [-0.39, 0.29) is 29.4 Å². The van der Waals surface area contributed by atoms with E-state index in [2.05, 4.69) is 10.9 Å². The number of hydrazine groups is 1. The maximum atomic E-state index is 13.3. The van der Waals surface area contributed by atoms with Crippen LogP contribution in [0.2, 0.25) is 5.02 Å². The molecule has 0 radical (unpaired) electrons. The number of carbonyl (C=O) groups is 1. The number of aliphatic hydroxyl groups excluding tert-OH is 1. The van der Waals surface area contributed by atoms with Crippen molar-refractivity contribution in [1.82, 2.24) is 20.0 Å². The molecule has 27 heavy (non-hydrogen) atoms. The molecule has 0 unspecified atom stereocenters. The number of anilines is 1. The number of hydrogen-bond acceptors (Lipinski definition) is 6. The summed E-state index contributed by atoms with van der Waals surface area (Å²) < 4.78 is 14.8. The molecule has 1 aliphatic heterocycles. The van der Waals surface area contributed by atoms with E-state index in [1.54, 1.807) is 7.05 Å². The number of nitrogens with zero attached hydrogens (tertiary/aromatic N) is 3. The Morgan fingerprint density at radius 3 is 2.78 bits per heavy atom. The topological polar surface area (TPSA) is 110 Å². The highest BCUT2D eigenvalue weighted by Gasteiger charge is 2.41. The van der Waals surface area contributed by atoms with Gasteiger partial charge in [-0.25, -0.2) is 4.39 Å². The molecule has 1 aliphatic rings. The second-order valence-electron chi connectivity index (χ2n) is 6.31. The first-order chi connectivity index (χ1) is 12.6. The fraction of sp³-hybridized carbons (Fsp3) is 0.312. The van der Waals surface area contributed by atoms with Crippen LogP contribution in [-0.4, -0.2) is 43.8 Å².